The minimum absolute atomic E-state index is 0. The first kappa shape index (κ1) is 104. The van der Waals surface area contributed by atoms with Gasteiger partial charge in [0.05, 0.1) is 64.5 Å². The Balaban J connectivity index is 0.000000285. The molecule has 2 heterocycles. The van der Waals surface area contributed by atoms with E-state index < -0.39 is 66.3 Å². The number of allylic oxidation sites excluding steroid dienone is 1. The molecular weight excluding hydrogens is 1730 g/mol. The number of phenolic OH excluding ortho intramolecular Hbond substituents is 1. The molecular formula is C86H103F9N2O17S7. The van der Waals surface area contributed by atoms with Crippen LogP contribution in [0.15, 0.2) is 142 Å². The molecule has 2 aromatic heterocycles. The molecule has 7 N–H and O–H groups in total. The number of aryl methyl sites for hydroxylation is 5. The molecule has 8 aromatic rings. The van der Waals surface area contributed by atoms with Crippen molar-refractivity contribution in [1.82, 2.24) is 9.97 Å². The maximum atomic E-state index is 13.3. The molecule has 4 aliphatic rings. The standard InChI is InChI=1S/C22H19F6NO3S2.C22H22F3NO3S2.C21H30O4.C20H22O7.CH4.3H2S/c1-12-7-15(4-6-18(12)32-11-31-10-30)33-9-19-13(2)29-20(34-19)14-3-5-16(21(23,24)25)17(8-14)22(26,27)28;1-13-8-16(4-6-18(13)22(23,24)25)21-26-15(3)20(31-21)10-30-17-5-7-19(14(2)9-17)29-12-28-11-27;1-12-3-2-7-21(12,25)8-6-16-18-10-13(9-14(18)11-19(16)22)15-4-5-17(15)20(23)24;1-13-18(9-8-17(14(2)21)20(13)24)26-11-3-10-25-15-4-6-16(7-5-15)27-12-19(22)23;;;;/h3-8,30H,9-11H2,1-2H3;4-9,27H,10-12H2,1-3H3;6,8,12,14,16-19,22,25H,2-5,7,9-11H2,1H3,(H,23,24);4-9,24H,3,10-12H2,1-2H3,(H,22,23);1H4;3*1H2/b;;8-6+,15-13-;;;;;/t;;12?,14-,16+,17?,18-,19?,21-;;;;;/m..0...../s1. The molecule has 4 aliphatic carbocycles. The number of hydrogen-bond donors (Lipinski definition) is 7. The van der Waals surface area contributed by atoms with Gasteiger partial charge in [-0.05, 0) is 231 Å². The molecule has 0 amide bonds. The summed E-state index contributed by atoms with van der Waals surface area (Å²) < 4.78 is 155. The van der Waals surface area contributed by atoms with Crippen LogP contribution in [0.3, 0.4) is 0 Å². The fourth-order valence-electron chi connectivity index (χ4n) is 14.1. The van der Waals surface area contributed by atoms with E-state index in [1.165, 1.54) is 54.2 Å². The summed E-state index contributed by atoms with van der Waals surface area (Å²) in [7, 11) is 0. The van der Waals surface area contributed by atoms with Gasteiger partial charge < -0.3 is 68.9 Å². The number of aromatic nitrogens is 2. The van der Waals surface area contributed by atoms with Crippen LogP contribution in [-0.2, 0) is 49.1 Å². The molecule has 0 radical (unpaired) electrons. The molecule has 0 spiro atoms. The second-order valence-electron chi connectivity index (χ2n) is 28.7. The highest BCUT2D eigenvalue weighted by Gasteiger charge is 2.49. The lowest BCUT2D eigenvalue weighted by atomic mass is 9.75. The molecule has 0 saturated heterocycles. The van der Waals surface area contributed by atoms with Crippen molar-refractivity contribution in [3.05, 3.63) is 198 Å². The van der Waals surface area contributed by atoms with Crippen LogP contribution in [0.25, 0.3) is 21.1 Å². The van der Waals surface area contributed by atoms with Crippen molar-refractivity contribution < 1.29 is 123 Å². The average Bonchev–Trinajstić information content (AvgIpc) is 1.63. The average molecular weight is 1830 g/mol. The van der Waals surface area contributed by atoms with E-state index in [4.69, 9.17) is 48.5 Å². The Hall–Kier alpha value is -7.65. The molecule has 19 nitrogen and oxygen atoms in total. The van der Waals surface area contributed by atoms with Crippen LogP contribution in [0, 0.1) is 71.1 Å². The number of carboxylic acids is 2. The third kappa shape index (κ3) is 28.7. The van der Waals surface area contributed by atoms with Crippen molar-refractivity contribution in [1.29, 1.82) is 0 Å². The molecule has 12 rings (SSSR count). The van der Waals surface area contributed by atoms with Crippen molar-refractivity contribution in [3.63, 3.8) is 0 Å². The molecule has 35 heteroatoms. The molecule has 4 fully saturated rings. The Morgan fingerprint density at radius 3 is 1.60 bits per heavy atom. The first-order valence-corrected chi connectivity index (χ1v) is 41.0. The van der Waals surface area contributed by atoms with Gasteiger partial charge in [0, 0.05) is 60.1 Å². The molecule has 6 aromatic carbocycles. The zero-order valence-corrected chi connectivity index (χ0v) is 73.1. The smallest absolute Gasteiger partial charge is 0.417 e. The summed E-state index contributed by atoms with van der Waals surface area (Å²) in [6.45, 7) is 13.5. The Bertz CT molecular complexity index is 4810. The summed E-state index contributed by atoms with van der Waals surface area (Å²) in [5.41, 5.74) is 2.68. The number of aliphatic carboxylic acids is 2. The zero-order valence-electron chi connectivity index (χ0n) is 66.9. The van der Waals surface area contributed by atoms with Crippen LogP contribution in [0.4, 0.5) is 39.5 Å². The molecule has 3 unspecified atom stereocenters. The number of nitrogens with zero attached hydrogens (tertiary/aromatic N) is 2. The molecule has 0 aliphatic heterocycles. The lowest BCUT2D eigenvalue weighted by Gasteiger charge is -2.29. The van der Waals surface area contributed by atoms with Gasteiger partial charge in [0.2, 0.25) is 0 Å². The number of alkyl halides is 9. The van der Waals surface area contributed by atoms with Gasteiger partial charge in [-0.25, -0.2) is 14.8 Å². The SMILES string of the molecule is C.CC(=O)c1ccc(OCCCOc2ccc(OCC(=O)O)cc2)c(C)c1O.CC1CCC[C@]1(O)/C=C/[C@H]1C(O)C[C@@H]2C/C(=C3\CCC3C(=O)O)C[C@@H]21.Cc1cc(SCc2sc(-c3ccc(C(F)(F)F)c(C(F)(F)F)c3)nc2C)ccc1OCOCO.Cc1cc(SCc2sc(-c3ccc(C(F)(F)F)c(C)c3)nc2C)ccc1OCOCO.S.S.S. The summed E-state index contributed by atoms with van der Waals surface area (Å²) in [6, 6.07) is 27.3. The second kappa shape index (κ2) is 46.9. The highest BCUT2D eigenvalue weighted by Crippen LogP contribution is 2.55. The Labute approximate surface area is 734 Å². The number of thioether (sulfide) groups is 2. The number of rotatable bonds is 29. The summed E-state index contributed by atoms with van der Waals surface area (Å²) in [6.07, 6.45) is -2.91. The number of carbonyl (C=O) groups is 3. The van der Waals surface area contributed by atoms with Crippen molar-refractivity contribution >= 4 is 104 Å². The molecule has 4 saturated carbocycles. The maximum absolute atomic E-state index is 13.3. The van der Waals surface area contributed by atoms with Gasteiger partial charge in [0.15, 0.2) is 26.0 Å². The fraction of sp³-hybridized carbons (Fsp3) is 0.430. The number of thiazole rings is 2. The summed E-state index contributed by atoms with van der Waals surface area (Å²) >= 11 is 5.76. The van der Waals surface area contributed by atoms with E-state index in [0.717, 1.165) is 111 Å². The number of carboxylic acid groups (broad SMARTS) is 2. The van der Waals surface area contributed by atoms with E-state index in [2.05, 4.69) is 23.0 Å². The Kier molecular flexibility index (Phi) is 40.3. The van der Waals surface area contributed by atoms with Gasteiger partial charge in [-0.15, -0.1) is 46.2 Å². The fourth-order valence-corrected chi connectivity index (χ4v) is 18.5. The molecule has 7 atom stereocenters. The highest BCUT2D eigenvalue weighted by atomic mass is 32.2. The Morgan fingerprint density at radius 1 is 0.620 bits per heavy atom. The monoisotopic (exact) mass is 1830 g/mol. The van der Waals surface area contributed by atoms with Crippen LogP contribution in [0.2, 0.25) is 0 Å². The third-order valence-electron chi connectivity index (χ3n) is 20.6. The van der Waals surface area contributed by atoms with E-state index in [9.17, 15) is 74.3 Å². The summed E-state index contributed by atoms with van der Waals surface area (Å²) in [5, 5.41) is 67.4. The summed E-state index contributed by atoms with van der Waals surface area (Å²) in [5.74, 6) is 3.12. The number of phenols is 1. The predicted molar refractivity (Wildman–Crippen MR) is 464 cm³/mol. The van der Waals surface area contributed by atoms with Crippen LogP contribution in [0.5, 0.6) is 34.5 Å². The van der Waals surface area contributed by atoms with Crippen molar-refractivity contribution in [2.24, 2.45) is 29.6 Å². The van der Waals surface area contributed by atoms with Crippen LogP contribution in [0.1, 0.15) is 150 Å². The lowest BCUT2D eigenvalue weighted by Crippen LogP contribution is -2.29. The van der Waals surface area contributed by atoms with E-state index in [0.29, 0.717) is 106 Å². The number of carbonyl (C=O) groups excluding carboxylic acids is 1. The first-order valence-electron chi connectivity index (χ1n) is 37.4. The van der Waals surface area contributed by atoms with E-state index >= 15 is 0 Å². The van der Waals surface area contributed by atoms with Crippen LogP contribution in [-0.4, -0.2) is 122 Å². The largest absolute Gasteiger partial charge is 0.507 e. The lowest BCUT2D eigenvalue weighted by molar-refractivity contribution is -0.162. The number of aromatic hydroxyl groups is 1. The van der Waals surface area contributed by atoms with Gasteiger partial charge in [-0.1, -0.05) is 49.8 Å². The van der Waals surface area contributed by atoms with Crippen molar-refractivity contribution in [2.45, 2.75) is 172 Å². The Morgan fingerprint density at radius 2 is 1.13 bits per heavy atom. The zero-order chi connectivity index (χ0) is 85.3. The number of benzene rings is 6. The first-order chi connectivity index (χ1) is 55.3. The van der Waals surface area contributed by atoms with E-state index in [1.807, 2.05) is 57.2 Å². The van der Waals surface area contributed by atoms with E-state index in [-0.39, 0.29) is 125 Å². The van der Waals surface area contributed by atoms with Gasteiger partial charge in [-0.2, -0.15) is 80.0 Å². The number of fused-ring (bicyclic) bond motifs is 1. The predicted octanol–water partition coefficient (Wildman–Crippen LogP) is 20.9. The number of aliphatic hydroxyl groups is 4. The maximum Gasteiger partial charge on any atom is 0.417 e. The van der Waals surface area contributed by atoms with Gasteiger partial charge in [-0.3, -0.25) is 9.59 Å². The minimum atomic E-state index is -5.15. The molecule has 0 bridgehead atoms. The van der Waals surface area contributed by atoms with Gasteiger partial charge in [0.1, 0.15) is 58.1 Å². The normalized spacial score (nSPS) is 19.0. The quantitative estimate of drug-likeness (QED) is 0.00573. The molecule has 664 valence electrons. The number of hydrogen-bond acceptors (Lipinski definition) is 21. The molecule has 121 heavy (non-hydrogen) atoms. The summed E-state index contributed by atoms with van der Waals surface area (Å²) in [4.78, 5) is 45.9. The number of Topliss-reactive ketones (excluding diaryl/α,β-unsaturated/α-hetero) is 1. The number of aliphatic hydroxyl groups excluding tert-OH is 3. The topological polar surface area (TPSA) is 283 Å². The van der Waals surface area contributed by atoms with Crippen LogP contribution >= 0.6 is 86.7 Å². The van der Waals surface area contributed by atoms with Crippen LogP contribution < -0.4 is 23.7 Å². The number of ketones is 1. The van der Waals surface area contributed by atoms with Crippen molar-refractivity contribution in [3.8, 4) is 55.6 Å². The third-order valence-corrected chi connectivity index (χ3v) is 25.5. The number of ether oxygens (including phenoxy) is 7. The minimum Gasteiger partial charge on any atom is -0.507 e. The van der Waals surface area contributed by atoms with Gasteiger partial charge >= 0.3 is 30.5 Å². The van der Waals surface area contributed by atoms with Crippen molar-refractivity contribution in [2.75, 3.05) is 47.0 Å². The van der Waals surface area contributed by atoms with E-state index in [1.54, 1.807) is 74.1 Å². The second-order valence-corrected chi connectivity index (χ2v) is 33.0. The number of halogens is 9. The highest BCUT2D eigenvalue weighted by molar-refractivity contribution is 7.99. The van der Waals surface area contributed by atoms with Gasteiger partial charge in [0.25, 0.3) is 0 Å².